The molecule has 1 amide bonds. The normalized spacial score (nSPS) is 14.4. The third-order valence-electron chi connectivity index (χ3n) is 6.58. The van der Waals surface area contributed by atoms with Gasteiger partial charge in [-0.1, -0.05) is 78.9 Å². The van der Waals surface area contributed by atoms with Gasteiger partial charge in [0.25, 0.3) is 0 Å². The summed E-state index contributed by atoms with van der Waals surface area (Å²) < 4.78 is 16.3. The molecule has 0 spiro atoms. The van der Waals surface area contributed by atoms with E-state index in [0.717, 1.165) is 18.7 Å². The Bertz CT molecular complexity index is 1180. The number of carbonyl (C=O) groups is 1. The monoisotopic (exact) mass is 498 g/mol. The molecule has 1 aliphatic rings. The van der Waals surface area contributed by atoms with E-state index >= 15 is 0 Å². The lowest BCUT2D eigenvalue weighted by Gasteiger charge is -2.39. The Balaban J connectivity index is 1.39. The summed E-state index contributed by atoms with van der Waals surface area (Å²) in [6, 6.07) is 25.0. The van der Waals surface area contributed by atoms with Gasteiger partial charge < -0.3 is 19.1 Å². The number of piperazine rings is 1. The fraction of sp³-hybridized carbons (Fsp3) is 0.258. The fourth-order valence-electron chi connectivity index (χ4n) is 4.74. The molecule has 0 atom stereocenters. The lowest BCUT2D eigenvalue weighted by Crippen LogP contribution is -2.49. The van der Waals surface area contributed by atoms with E-state index in [1.807, 2.05) is 41.3 Å². The first-order valence-corrected chi connectivity index (χ1v) is 12.4. The molecular weight excluding hydrogens is 464 g/mol. The molecule has 37 heavy (non-hydrogen) atoms. The van der Waals surface area contributed by atoms with Gasteiger partial charge in [-0.3, -0.25) is 9.69 Å². The number of amides is 1. The summed E-state index contributed by atoms with van der Waals surface area (Å²) in [6.07, 6.45) is 7.10. The van der Waals surface area contributed by atoms with Crippen LogP contribution in [0, 0.1) is 0 Å². The van der Waals surface area contributed by atoms with E-state index in [0.29, 0.717) is 30.3 Å². The van der Waals surface area contributed by atoms with Crippen molar-refractivity contribution in [1.82, 2.24) is 9.80 Å². The number of methoxy groups -OCH3 is 3. The summed E-state index contributed by atoms with van der Waals surface area (Å²) in [5.74, 6) is 1.73. The second-order valence-electron chi connectivity index (χ2n) is 8.73. The average molecular weight is 499 g/mol. The predicted molar refractivity (Wildman–Crippen MR) is 147 cm³/mol. The van der Waals surface area contributed by atoms with E-state index in [1.54, 1.807) is 33.5 Å². The van der Waals surface area contributed by atoms with Crippen LogP contribution >= 0.6 is 0 Å². The Morgan fingerprint density at radius 1 is 0.730 bits per heavy atom. The molecular formula is C31H34N2O4. The van der Waals surface area contributed by atoms with Crippen molar-refractivity contribution in [1.29, 1.82) is 0 Å². The summed E-state index contributed by atoms with van der Waals surface area (Å²) in [7, 11) is 4.76. The highest BCUT2D eigenvalue weighted by atomic mass is 16.5. The molecule has 1 saturated heterocycles. The molecule has 192 valence electrons. The van der Waals surface area contributed by atoms with E-state index < -0.39 is 0 Å². The smallest absolute Gasteiger partial charge is 0.246 e. The van der Waals surface area contributed by atoms with Crippen LogP contribution in [0.25, 0.3) is 6.08 Å². The van der Waals surface area contributed by atoms with Crippen LogP contribution in [0.3, 0.4) is 0 Å². The van der Waals surface area contributed by atoms with Crippen LogP contribution in [-0.4, -0.2) is 63.2 Å². The maximum Gasteiger partial charge on any atom is 0.246 e. The zero-order valence-electron chi connectivity index (χ0n) is 21.7. The van der Waals surface area contributed by atoms with Crippen LogP contribution in [0.15, 0.2) is 91.0 Å². The van der Waals surface area contributed by atoms with Gasteiger partial charge in [0.15, 0.2) is 11.5 Å². The number of hydrogen-bond acceptors (Lipinski definition) is 5. The number of allylic oxidation sites excluding steroid dienone is 2. The van der Waals surface area contributed by atoms with Crippen molar-refractivity contribution < 1.29 is 19.0 Å². The highest BCUT2D eigenvalue weighted by Gasteiger charge is 2.27. The second kappa shape index (κ2) is 12.8. The van der Waals surface area contributed by atoms with Gasteiger partial charge in [0.05, 0.1) is 27.4 Å². The van der Waals surface area contributed by atoms with E-state index in [2.05, 4.69) is 53.4 Å². The van der Waals surface area contributed by atoms with Gasteiger partial charge in [0.1, 0.15) is 0 Å². The van der Waals surface area contributed by atoms with Crippen molar-refractivity contribution in [3.05, 3.63) is 108 Å². The maximum absolute atomic E-state index is 12.9. The third kappa shape index (κ3) is 6.22. The number of carbonyl (C=O) groups excluding carboxylic acids is 1. The Hall–Kier alpha value is -4.03. The van der Waals surface area contributed by atoms with E-state index in [1.165, 1.54) is 11.1 Å². The quantitative estimate of drug-likeness (QED) is 0.299. The Labute approximate surface area is 219 Å². The first kappa shape index (κ1) is 26.0. The van der Waals surface area contributed by atoms with Gasteiger partial charge in [-0.05, 0) is 23.3 Å². The lowest BCUT2D eigenvalue weighted by molar-refractivity contribution is -0.127. The molecule has 6 heteroatoms. The first-order valence-electron chi connectivity index (χ1n) is 12.4. The molecule has 0 aromatic heterocycles. The molecule has 0 bridgehead atoms. The minimum atomic E-state index is 0.0135. The SMILES string of the molecule is COc1ccc(/C=C/C=C/C(=O)N2CCN(C(c3ccccc3)c3ccccc3)CC2)c(OC)c1OC. The van der Waals surface area contributed by atoms with Crippen LogP contribution in [0.1, 0.15) is 22.7 Å². The lowest BCUT2D eigenvalue weighted by atomic mass is 9.96. The molecule has 0 unspecified atom stereocenters. The van der Waals surface area contributed by atoms with Crippen LogP contribution in [0.5, 0.6) is 17.2 Å². The number of ether oxygens (including phenoxy) is 3. The zero-order valence-corrected chi connectivity index (χ0v) is 21.7. The van der Waals surface area contributed by atoms with Crippen molar-refractivity contribution in [3.8, 4) is 17.2 Å². The highest BCUT2D eigenvalue weighted by Crippen LogP contribution is 2.40. The molecule has 1 aliphatic heterocycles. The standard InChI is InChI=1S/C31H34N2O4/c1-35-27-19-18-26(30(36-2)31(27)37-3)16-10-11-17-28(34)32-20-22-33(23-21-32)29(24-12-6-4-7-13-24)25-14-8-5-9-15-25/h4-19,29H,20-23H2,1-3H3/b16-10+,17-11+. The average Bonchev–Trinajstić information content (AvgIpc) is 2.96. The summed E-state index contributed by atoms with van der Waals surface area (Å²) in [5, 5.41) is 0. The minimum Gasteiger partial charge on any atom is -0.493 e. The Morgan fingerprint density at radius 3 is 1.86 bits per heavy atom. The van der Waals surface area contributed by atoms with Crippen molar-refractivity contribution >= 4 is 12.0 Å². The zero-order chi connectivity index (χ0) is 26.0. The van der Waals surface area contributed by atoms with Crippen molar-refractivity contribution in [2.75, 3.05) is 47.5 Å². The van der Waals surface area contributed by atoms with Gasteiger partial charge in [-0.15, -0.1) is 0 Å². The molecule has 3 aromatic rings. The Morgan fingerprint density at radius 2 is 1.32 bits per heavy atom. The van der Waals surface area contributed by atoms with E-state index in [9.17, 15) is 4.79 Å². The molecule has 1 heterocycles. The van der Waals surface area contributed by atoms with E-state index in [-0.39, 0.29) is 11.9 Å². The van der Waals surface area contributed by atoms with Crippen molar-refractivity contribution in [2.24, 2.45) is 0 Å². The molecule has 6 nitrogen and oxygen atoms in total. The number of rotatable bonds is 9. The molecule has 0 aliphatic carbocycles. The third-order valence-corrected chi connectivity index (χ3v) is 6.58. The van der Waals surface area contributed by atoms with Crippen LogP contribution < -0.4 is 14.2 Å². The number of nitrogens with zero attached hydrogens (tertiary/aromatic N) is 2. The number of benzene rings is 3. The summed E-state index contributed by atoms with van der Waals surface area (Å²) in [6.45, 7) is 3.00. The predicted octanol–water partition coefficient (Wildman–Crippen LogP) is 5.22. The summed E-state index contributed by atoms with van der Waals surface area (Å²) >= 11 is 0. The molecule has 4 rings (SSSR count). The van der Waals surface area contributed by atoms with Gasteiger partial charge >= 0.3 is 0 Å². The van der Waals surface area contributed by atoms with Crippen LogP contribution in [0.2, 0.25) is 0 Å². The van der Waals surface area contributed by atoms with Gasteiger partial charge in [-0.2, -0.15) is 0 Å². The molecule has 3 aromatic carbocycles. The van der Waals surface area contributed by atoms with Crippen LogP contribution in [0.4, 0.5) is 0 Å². The molecule has 0 N–H and O–H groups in total. The topological polar surface area (TPSA) is 51.2 Å². The largest absolute Gasteiger partial charge is 0.493 e. The van der Waals surface area contributed by atoms with E-state index in [4.69, 9.17) is 14.2 Å². The molecule has 1 fully saturated rings. The Kier molecular flexibility index (Phi) is 9.00. The first-order chi connectivity index (χ1) is 18.2. The number of hydrogen-bond donors (Lipinski definition) is 0. The van der Waals surface area contributed by atoms with Gasteiger partial charge in [0, 0.05) is 37.8 Å². The molecule has 0 radical (unpaired) electrons. The second-order valence-corrected chi connectivity index (χ2v) is 8.73. The van der Waals surface area contributed by atoms with Gasteiger partial charge in [-0.25, -0.2) is 0 Å². The fourth-order valence-corrected chi connectivity index (χ4v) is 4.74. The molecule has 0 saturated carbocycles. The van der Waals surface area contributed by atoms with Gasteiger partial charge in [0.2, 0.25) is 11.7 Å². The maximum atomic E-state index is 12.9. The summed E-state index contributed by atoms with van der Waals surface area (Å²) in [5.41, 5.74) is 3.37. The van der Waals surface area contributed by atoms with Crippen molar-refractivity contribution in [3.63, 3.8) is 0 Å². The van der Waals surface area contributed by atoms with Crippen LogP contribution in [-0.2, 0) is 4.79 Å². The van der Waals surface area contributed by atoms with Crippen molar-refractivity contribution in [2.45, 2.75) is 6.04 Å². The highest BCUT2D eigenvalue weighted by molar-refractivity contribution is 5.88. The summed E-state index contributed by atoms with van der Waals surface area (Å²) in [4.78, 5) is 17.2. The minimum absolute atomic E-state index is 0.0135.